The van der Waals surface area contributed by atoms with Gasteiger partial charge in [-0.05, 0) is 29.8 Å². The number of anilines is 1. The number of hydrogen-bond acceptors (Lipinski definition) is 6. The molecule has 0 unspecified atom stereocenters. The monoisotopic (exact) mass is 314 g/mol. The quantitative estimate of drug-likeness (QED) is 0.365. The predicted octanol–water partition coefficient (Wildman–Crippen LogP) is 3.03. The van der Waals surface area contributed by atoms with E-state index in [9.17, 15) is 20.2 Å². The molecular weight excluding hydrogens is 300 g/mol. The van der Waals surface area contributed by atoms with Gasteiger partial charge in [0.2, 0.25) is 0 Å². The first kappa shape index (κ1) is 16.1. The Morgan fingerprint density at radius 2 is 1.43 bits per heavy atom. The molecule has 0 saturated heterocycles. The number of aliphatic imine (C=N–C) groups is 1. The van der Waals surface area contributed by atoms with Crippen molar-refractivity contribution in [3.05, 3.63) is 74.3 Å². The van der Waals surface area contributed by atoms with Crippen LogP contribution in [-0.4, -0.2) is 29.2 Å². The van der Waals surface area contributed by atoms with Gasteiger partial charge in [0.1, 0.15) is 0 Å². The van der Waals surface area contributed by atoms with Crippen molar-refractivity contribution in [3.8, 4) is 0 Å². The summed E-state index contributed by atoms with van der Waals surface area (Å²) in [7, 11) is 0. The summed E-state index contributed by atoms with van der Waals surface area (Å²) < 4.78 is 0. The Balaban J connectivity index is 1.78. The fourth-order valence-electron chi connectivity index (χ4n) is 1.82. The predicted molar refractivity (Wildman–Crippen MR) is 87.1 cm³/mol. The van der Waals surface area contributed by atoms with Crippen molar-refractivity contribution in [2.75, 3.05) is 18.4 Å². The standard InChI is InChI=1S/C15H14N4O4/c20-18(21)14-5-1-12(2-6-14)11-16-9-10-17-13-3-7-15(8-4-13)19(22)23/h1-8,11,17H,9-10H2. The second kappa shape index (κ2) is 7.64. The molecule has 0 aliphatic heterocycles. The molecule has 118 valence electrons. The summed E-state index contributed by atoms with van der Waals surface area (Å²) in [5.41, 5.74) is 1.65. The van der Waals surface area contributed by atoms with Crippen LogP contribution < -0.4 is 5.32 Å². The third-order valence-corrected chi connectivity index (χ3v) is 2.99. The van der Waals surface area contributed by atoms with E-state index in [0.29, 0.717) is 13.1 Å². The first-order valence-corrected chi connectivity index (χ1v) is 6.79. The lowest BCUT2D eigenvalue weighted by molar-refractivity contribution is -0.385. The lowest BCUT2D eigenvalue weighted by Crippen LogP contribution is -2.05. The van der Waals surface area contributed by atoms with Crippen molar-refractivity contribution in [2.24, 2.45) is 4.99 Å². The second-order valence-corrected chi connectivity index (χ2v) is 4.61. The Morgan fingerprint density at radius 3 is 1.96 bits per heavy atom. The molecule has 8 heteroatoms. The Labute approximate surface area is 131 Å². The third-order valence-electron chi connectivity index (χ3n) is 2.99. The Morgan fingerprint density at radius 1 is 0.913 bits per heavy atom. The largest absolute Gasteiger partial charge is 0.383 e. The highest BCUT2D eigenvalue weighted by Gasteiger charge is 2.03. The molecule has 0 aliphatic rings. The van der Waals surface area contributed by atoms with E-state index < -0.39 is 9.85 Å². The zero-order valence-corrected chi connectivity index (χ0v) is 12.1. The number of nitro groups is 2. The lowest BCUT2D eigenvalue weighted by atomic mass is 10.2. The van der Waals surface area contributed by atoms with E-state index in [0.717, 1.165) is 11.3 Å². The zero-order valence-electron chi connectivity index (χ0n) is 12.1. The van der Waals surface area contributed by atoms with Gasteiger partial charge in [0.05, 0.1) is 16.4 Å². The Hall–Kier alpha value is -3.29. The molecule has 0 fully saturated rings. The van der Waals surface area contributed by atoms with Gasteiger partial charge in [0, 0.05) is 42.7 Å². The summed E-state index contributed by atoms with van der Waals surface area (Å²) in [4.78, 5) is 24.4. The van der Waals surface area contributed by atoms with Gasteiger partial charge in [-0.3, -0.25) is 25.2 Å². The van der Waals surface area contributed by atoms with Gasteiger partial charge in [0.15, 0.2) is 0 Å². The number of rotatable bonds is 7. The minimum atomic E-state index is -0.449. The van der Waals surface area contributed by atoms with E-state index in [1.54, 1.807) is 30.5 Å². The first-order chi connectivity index (χ1) is 11.1. The van der Waals surface area contributed by atoms with Crippen molar-refractivity contribution < 1.29 is 9.85 Å². The lowest BCUT2D eigenvalue weighted by Gasteiger charge is -2.03. The average Bonchev–Trinajstić information content (AvgIpc) is 2.55. The molecule has 0 atom stereocenters. The van der Waals surface area contributed by atoms with Crippen molar-refractivity contribution in [1.29, 1.82) is 0 Å². The third kappa shape index (κ3) is 4.88. The molecule has 0 amide bonds. The minimum absolute atomic E-state index is 0.0435. The molecule has 0 radical (unpaired) electrons. The molecule has 0 saturated carbocycles. The maximum absolute atomic E-state index is 10.5. The molecule has 2 aromatic carbocycles. The van der Waals surface area contributed by atoms with E-state index in [1.807, 2.05) is 0 Å². The van der Waals surface area contributed by atoms with E-state index >= 15 is 0 Å². The highest BCUT2D eigenvalue weighted by molar-refractivity contribution is 5.79. The maximum Gasteiger partial charge on any atom is 0.269 e. The van der Waals surface area contributed by atoms with Crippen LogP contribution in [-0.2, 0) is 0 Å². The summed E-state index contributed by atoms with van der Waals surface area (Å²) in [6.45, 7) is 1.08. The molecule has 2 aromatic rings. The highest BCUT2D eigenvalue weighted by Crippen LogP contribution is 2.15. The van der Waals surface area contributed by atoms with Crippen LogP contribution >= 0.6 is 0 Å². The van der Waals surface area contributed by atoms with Crippen molar-refractivity contribution >= 4 is 23.3 Å². The minimum Gasteiger partial charge on any atom is -0.383 e. The van der Waals surface area contributed by atoms with Crippen LogP contribution in [0.2, 0.25) is 0 Å². The molecule has 0 aliphatic carbocycles. The Kier molecular flexibility index (Phi) is 5.35. The fraction of sp³-hybridized carbons (Fsp3) is 0.133. The van der Waals surface area contributed by atoms with Gasteiger partial charge in [-0.25, -0.2) is 0 Å². The molecule has 23 heavy (non-hydrogen) atoms. The van der Waals surface area contributed by atoms with E-state index in [-0.39, 0.29) is 11.4 Å². The van der Waals surface area contributed by atoms with Crippen LogP contribution in [0.4, 0.5) is 17.1 Å². The summed E-state index contributed by atoms with van der Waals surface area (Å²) in [6.07, 6.45) is 1.64. The number of hydrogen-bond donors (Lipinski definition) is 1. The average molecular weight is 314 g/mol. The molecule has 1 N–H and O–H groups in total. The van der Waals surface area contributed by atoms with Gasteiger partial charge < -0.3 is 5.32 Å². The van der Waals surface area contributed by atoms with Gasteiger partial charge in [0.25, 0.3) is 11.4 Å². The SMILES string of the molecule is O=[N+]([O-])c1ccc(C=NCCNc2ccc([N+](=O)[O-])cc2)cc1. The number of benzene rings is 2. The van der Waals surface area contributed by atoms with Crippen LogP contribution in [0.15, 0.2) is 53.5 Å². The molecule has 0 bridgehead atoms. The fourth-order valence-corrected chi connectivity index (χ4v) is 1.82. The molecule has 0 spiro atoms. The summed E-state index contributed by atoms with van der Waals surface area (Å²) in [6, 6.07) is 12.3. The first-order valence-electron chi connectivity index (χ1n) is 6.79. The number of nitro benzene ring substituents is 2. The molecule has 8 nitrogen and oxygen atoms in total. The zero-order chi connectivity index (χ0) is 16.7. The Bertz CT molecular complexity index is 711. The smallest absolute Gasteiger partial charge is 0.269 e. The highest BCUT2D eigenvalue weighted by atomic mass is 16.6. The number of non-ortho nitro benzene ring substituents is 2. The molecular formula is C15H14N4O4. The number of nitrogens with zero attached hydrogens (tertiary/aromatic N) is 3. The topological polar surface area (TPSA) is 111 Å². The van der Waals surface area contributed by atoms with Crippen LogP contribution in [0.5, 0.6) is 0 Å². The van der Waals surface area contributed by atoms with E-state index in [1.165, 1.54) is 24.3 Å². The molecule has 2 rings (SSSR count). The summed E-state index contributed by atoms with van der Waals surface area (Å²) >= 11 is 0. The molecule has 0 aromatic heterocycles. The van der Waals surface area contributed by atoms with Crippen LogP contribution in [0.3, 0.4) is 0 Å². The normalized spacial score (nSPS) is 10.6. The molecule has 0 heterocycles. The second-order valence-electron chi connectivity index (χ2n) is 4.61. The van der Waals surface area contributed by atoms with Crippen molar-refractivity contribution in [3.63, 3.8) is 0 Å². The van der Waals surface area contributed by atoms with Gasteiger partial charge in [-0.2, -0.15) is 0 Å². The van der Waals surface area contributed by atoms with E-state index in [2.05, 4.69) is 10.3 Å². The van der Waals surface area contributed by atoms with E-state index in [4.69, 9.17) is 0 Å². The van der Waals surface area contributed by atoms with Crippen LogP contribution in [0, 0.1) is 20.2 Å². The van der Waals surface area contributed by atoms with Gasteiger partial charge >= 0.3 is 0 Å². The van der Waals surface area contributed by atoms with Crippen LogP contribution in [0.25, 0.3) is 0 Å². The maximum atomic E-state index is 10.5. The van der Waals surface area contributed by atoms with Crippen molar-refractivity contribution in [2.45, 2.75) is 0 Å². The number of nitrogens with one attached hydrogen (secondary N) is 1. The summed E-state index contributed by atoms with van der Waals surface area (Å²) in [5.74, 6) is 0. The van der Waals surface area contributed by atoms with Crippen LogP contribution in [0.1, 0.15) is 5.56 Å². The summed E-state index contributed by atoms with van der Waals surface area (Å²) in [5, 5.41) is 24.2. The van der Waals surface area contributed by atoms with Gasteiger partial charge in [-0.1, -0.05) is 0 Å². The van der Waals surface area contributed by atoms with Crippen molar-refractivity contribution in [1.82, 2.24) is 0 Å². The van der Waals surface area contributed by atoms with Gasteiger partial charge in [-0.15, -0.1) is 0 Å².